The van der Waals surface area contributed by atoms with Crippen molar-refractivity contribution in [3.63, 3.8) is 0 Å². The molecule has 128 valence electrons. The van der Waals surface area contributed by atoms with Crippen molar-refractivity contribution in [2.45, 2.75) is 25.4 Å². The minimum absolute atomic E-state index is 0.245. The van der Waals surface area contributed by atoms with Gasteiger partial charge < -0.3 is 18.6 Å². The van der Waals surface area contributed by atoms with Gasteiger partial charge in [0, 0.05) is 13.2 Å². The van der Waals surface area contributed by atoms with Crippen LogP contribution in [0.4, 0.5) is 0 Å². The number of hydrogen-bond donors (Lipinski definition) is 0. The van der Waals surface area contributed by atoms with Gasteiger partial charge in [-0.2, -0.15) is 0 Å². The fraction of sp³-hybridized carbons (Fsp3) is 0.529. The van der Waals surface area contributed by atoms with E-state index in [4.69, 9.17) is 18.6 Å². The van der Waals surface area contributed by atoms with E-state index >= 15 is 0 Å². The van der Waals surface area contributed by atoms with E-state index < -0.39 is 0 Å². The van der Waals surface area contributed by atoms with Gasteiger partial charge in [0.15, 0.2) is 11.5 Å². The number of aromatic nitrogens is 2. The molecule has 1 atom stereocenters. The Bertz CT molecular complexity index is 697. The van der Waals surface area contributed by atoms with E-state index in [9.17, 15) is 0 Å². The maximum absolute atomic E-state index is 5.78. The van der Waals surface area contributed by atoms with Crippen LogP contribution in [0, 0.1) is 0 Å². The fourth-order valence-corrected chi connectivity index (χ4v) is 3.01. The molecule has 0 amide bonds. The van der Waals surface area contributed by atoms with Crippen molar-refractivity contribution in [1.29, 1.82) is 0 Å². The molecular formula is C17H21N3O4. The number of rotatable bonds is 5. The Morgan fingerprint density at radius 1 is 1.08 bits per heavy atom. The summed E-state index contributed by atoms with van der Waals surface area (Å²) in [7, 11) is 2.03. The molecule has 1 aromatic heterocycles. The van der Waals surface area contributed by atoms with Crippen molar-refractivity contribution < 1.29 is 18.6 Å². The van der Waals surface area contributed by atoms with Gasteiger partial charge in [-0.1, -0.05) is 6.07 Å². The number of benzene rings is 1. The van der Waals surface area contributed by atoms with Crippen LogP contribution in [0.25, 0.3) is 0 Å². The predicted octanol–water partition coefficient (Wildman–Crippen LogP) is 1.98. The van der Waals surface area contributed by atoms with E-state index in [0.717, 1.165) is 36.6 Å². The molecule has 0 bridgehead atoms. The molecule has 0 saturated carbocycles. The summed E-state index contributed by atoms with van der Waals surface area (Å²) in [6.45, 7) is 4.02. The molecule has 2 aromatic rings. The SMILES string of the molecule is CN(Cc1ccc2c(c1)OCCO2)Cc1nnc(C2CCOC2)o1. The Kier molecular flexibility index (Phi) is 4.36. The largest absolute Gasteiger partial charge is 0.486 e. The van der Waals surface area contributed by atoms with E-state index in [1.165, 1.54) is 0 Å². The first-order valence-corrected chi connectivity index (χ1v) is 8.25. The molecular weight excluding hydrogens is 310 g/mol. The summed E-state index contributed by atoms with van der Waals surface area (Å²) >= 11 is 0. The van der Waals surface area contributed by atoms with E-state index in [0.29, 0.717) is 38.1 Å². The van der Waals surface area contributed by atoms with Crippen molar-refractivity contribution in [2.24, 2.45) is 0 Å². The van der Waals surface area contributed by atoms with Crippen LogP contribution in [0.3, 0.4) is 0 Å². The summed E-state index contributed by atoms with van der Waals surface area (Å²) in [6, 6.07) is 6.04. The molecule has 1 fully saturated rings. The van der Waals surface area contributed by atoms with Gasteiger partial charge in [0.1, 0.15) is 13.2 Å². The minimum atomic E-state index is 0.245. The molecule has 1 unspecified atom stereocenters. The zero-order valence-corrected chi connectivity index (χ0v) is 13.7. The number of fused-ring (bicyclic) bond motifs is 1. The van der Waals surface area contributed by atoms with Crippen molar-refractivity contribution >= 4 is 0 Å². The second-order valence-corrected chi connectivity index (χ2v) is 6.24. The molecule has 0 radical (unpaired) electrons. The second-order valence-electron chi connectivity index (χ2n) is 6.24. The van der Waals surface area contributed by atoms with Gasteiger partial charge in [-0.15, -0.1) is 10.2 Å². The van der Waals surface area contributed by atoms with Gasteiger partial charge >= 0.3 is 0 Å². The normalized spacial score (nSPS) is 19.8. The Morgan fingerprint density at radius 2 is 1.96 bits per heavy atom. The van der Waals surface area contributed by atoms with E-state index in [1.54, 1.807) is 0 Å². The lowest BCUT2D eigenvalue weighted by molar-refractivity contribution is 0.171. The first-order valence-electron chi connectivity index (χ1n) is 8.25. The van der Waals surface area contributed by atoms with Crippen LogP contribution < -0.4 is 9.47 Å². The van der Waals surface area contributed by atoms with Crippen LogP contribution in [0.1, 0.15) is 29.7 Å². The highest BCUT2D eigenvalue weighted by molar-refractivity contribution is 5.43. The average molecular weight is 331 g/mol. The Balaban J connectivity index is 1.37. The summed E-state index contributed by atoms with van der Waals surface area (Å²) in [4.78, 5) is 2.13. The van der Waals surface area contributed by atoms with E-state index in [-0.39, 0.29) is 5.92 Å². The molecule has 1 saturated heterocycles. The Morgan fingerprint density at radius 3 is 2.79 bits per heavy atom. The lowest BCUT2D eigenvalue weighted by atomic mass is 10.1. The first-order chi connectivity index (χ1) is 11.8. The molecule has 7 nitrogen and oxygen atoms in total. The van der Waals surface area contributed by atoms with Gasteiger partial charge in [-0.05, 0) is 31.2 Å². The number of ether oxygens (including phenoxy) is 3. The quantitative estimate of drug-likeness (QED) is 0.829. The topological polar surface area (TPSA) is 69.9 Å². The molecule has 4 rings (SSSR count). The summed E-state index contributed by atoms with van der Waals surface area (Å²) in [5.41, 5.74) is 1.16. The maximum Gasteiger partial charge on any atom is 0.230 e. The molecule has 2 aliphatic rings. The van der Waals surface area contributed by atoms with Crippen LogP contribution in [0.15, 0.2) is 22.6 Å². The smallest absolute Gasteiger partial charge is 0.230 e. The lowest BCUT2D eigenvalue weighted by Crippen LogP contribution is -2.19. The van der Waals surface area contributed by atoms with Gasteiger partial charge in [-0.3, -0.25) is 4.90 Å². The molecule has 0 aliphatic carbocycles. The highest BCUT2D eigenvalue weighted by Crippen LogP contribution is 2.31. The number of nitrogens with zero attached hydrogens (tertiary/aromatic N) is 3. The van der Waals surface area contributed by atoms with Crippen LogP contribution in [-0.4, -0.2) is 48.6 Å². The molecule has 0 spiro atoms. The third-order valence-corrected chi connectivity index (χ3v) is 4.23. The van der Waals surface area contributed by atoms with Crippen molar-refractivity contribution in [3.8, 4) is 11.5 Å². The van der Waals surface area contributed by atoms with Crippen LogP contribution in [0.2, 0.25) is 0 Å². The number of hydrogen-bond acceptors (Lipinski definition) is 7. The summed E-state index contributed by atoms with van der Waals surface area (Å²) < 4.78 is 22.3. The van der Waals surface area contributed by atoms with E-state index in [1.807, 2.05) is 19.2 Å². The zero-order chi connectivity index (χ0) is 16.4. The van der Waals surface area contributed by atoms with Gasteiger partial charge in [0.2, 0.25) is 11.8 Å². The standard InChI is InChI=1S/C17H21N3O4/c1-20(9-12-2-3-14-15(8-12)23-7-6-22-14)10-16-18-19-17(24-16)13-4-5-21-11-13/h2-3,8,13H,4-7,9-11H2,1H3. The summed E-state index contributed by atoms with van der Waals surface area (Å²) in [5.74, 6) is 3.20. The van der Waals surface area contributed by atoms with Gasteiger partial charge in [0.25, 0.3) is 0 Å². The zero-order valence-electron chi connectivity index (χ0n) is 13.7. The molecule has 1 aromatic carbocycles. The van der Waals surface area contributed by atoms with Crippen LogP contribution in [-0.2, 0) is 17.8 Å². The monoisotopic (exact) mass is 331 g/mol. The van der Waals surface area contributed by atoms with Gasteiger partial charge in [-0.25, -0.2) is 0 Å². The van der Waals surface area contributed by atoms with Gasteiger partial charge in [0.05, 0.1) is 19.1 Å². The molecule has 2 aliphatic heterocycles. The van der Waals surface area contributed by atoms with Crippen molar-refractivity contribution in [3.05, 3.63) is 35.5 Å². The lowest BCUT2D eigenvalue weighted by Gasteiger charge is -2.20. The van der Waals surface area contributed by atoms with Crippen LogP contribution >= 0.6 is 0 Å². The van der Waals surface area contributed by atoms with E-state index in [2.05, 4.69) is 21.2 Å². The highest BCUT2D eigenvalue weighted by Gasteiger charge is 2.23. The molecule has 7 heteroatoms. The summed E-state index contributed by atoms with van der Waals surface area (Å²) in [5, 5.41) is 8.31. The second kappa shape index (κ2) is 6.78. The third-order valence-electron chi connectivity index (χ3n) is 4.23. The summed E-state index contributed by atoms with van der Waals surface area (Å²) in [6.07, 6.45) is 0.953. The Labute approximate surface area is 140 Å². The minimum Gasteiger partial charge on any atom is -0.486 e. The predicted molar refractivity (Wildman–Crippen MR) is 85.1 cm³/mol. The highest BCUT2D eigenvalue weighted by atomic mass is 16.6. The molecule has 0 N–H and O–H groups in total. The molecule has 24 heavy (non-hydrogen) atoms. The fourth-order valence-electron chi connectivity index (χ4n) is 3.01. The van der Waals surface area contributed by atoms with Crippen molar-refractivity contribution in [1.82, 2.24) is 15.1 Å². The third kappa shape index (κ3) is 3.37. The van der Waals surface area contributed by atoms with Crippen molar-refractivity contribution in [2.75, 3.05) is 33.5 Å². The van der Waals surface area contributed by atoms with Crippen LogP contribution in [0.5, 0.6) is 11.5 Å². The average Bonchev–Trinajstić information content (AvgIpc) is 3.26. The Hall–Kier alpha value is -2.12. The molecule has 3 heterocycles. The maximum atomic E-state index is 5.78. The first kappa shape index (κ1) is 15.4.